The molecule has 23 heavy (non-hydrogen) atoms. The summed E-state index contributed by atoms with van der Waals surface area (Å²) < 4.78 is 0. The number of hydrogen-bond donors (Lipinski definition) is 3. The third-order valence-electron chi connectivity index (χ3n) is 3.25. The van der Waals surface area contributed by atoms with Gasteiger partial charge in [0.05, 0.1) is 5.69 Å². The van der Waals surface area contributed by atoms with Crippen LogP contribution in [0.1, 0.15) is 10.9 Å². The van der Waals surface area contributed by atoms with Gasteiger partial charge in [-0.3, -0.25) is 4.79 Å². The van der Waals surface area contributed by atoms with E-state index in [2.05, 4.69) is 15.3 Å². The zero-order valence-corrected chi connectivity index (χ0v) is 13.0. The van der Waals surface area contributed by atoms with Gasteiger partial charge in [-0.2, -0.15) is 0 Å². The molecule has 3 aromatic rings. The van der Waals surface area contributed by atoms with Crippen molar-refractivity contribution in [1.29, 1.82) is 0 Å². The van der Waals surface area contributed by atoms with Gasteiger partial charge in [0.15, 0.2) is 0 Å². The van der Waals surface area contributed by atoms with Crippen LogP contribution in [0, 0.1) is 0 Å². The van der Waals surface area contributed by atoms with Gasteiger partial charge in [-0.1, -0.05) is 18.2 Å². The summed E-state index contributed by atoms with van der Waals surface area (Å²) in [6, 6.07) is 12.1. The van der Waals surface area contributed by atoms with Crippen LogP contribution in [0.3, 0.4) is 0 Å². The minimum atomic E-state index is -0.670. The van der Waals surface area contributed by atoms with Crippen LogP contribution in [-0.2, 0) is 4.79 Å². The number of thiophene rings is 1. The van der Waals surface area contributed by atoms with E-state index in [1.807, 2.05) is 29.6 Å². The van der Waals surface area contributed by atoms with Crippen molar-refractivity contribution in [2.75, 3.05) is 11.1 Å². The van der Waals surface area contributed by atoms with Gasteiger partial charge in [0.1, 0.15) is 6.04 Å². The average Bonchev–Trinajstić information content (AvgIpc) is 3.09. The summed E-state index contributed by atoms with van der Waals surface area (Å²) in [4.78, 5) is 21.0. The van der Waals surface area contributed by atoms with Gasteiger partial charge in [-0.05, 0) is 29.6 Å². The molecule has 0 aliphatic rings. The van der Waals surface area contributed by atoms with E-state index in [1.54, 1.807) is 24.4 Å². The largest absolute Gasteiger partial charge is 0.368 e. The number of nitrogens with one attached hydrogen (secondary N) is 1. The lowest BCUT2D eigenvalue weighted by Crippen LogP contribution is -2.26. The summed E-state index contributed by atoms with van der Waals surface area (Å²) in [5.74, 6) is -0.0201. The molecule has 0 spiro atoms. The zero-order valence-electron chi connectivity index (χ0n) is 12.1. The number of nitrogen functional groups attached to an aromatic ring is 1. The van der Waals surface area contributed by atoms with Gasteiger partial charge in [-0.15, -0.1) is 11.3 Å². The number of aromatic nitrogens is 2. The molecule has 1 unspecified atom stereocenters. The third-order valence-corrected chi connectivity index (χ3v) is 4.21. The number of anilines is 2. The predicted octanol–water partition coefficient (Wildman–Crippen LogP) is 2.43. The molecule has 0 aliphatic heterocycles. The Morgan fingerprint density at radius 1 is 1.17 bits per heavy atom. The topological polar surface area (TPSA) is 107 Å². The number of amides is 1. The molecular formula is C16H15N5OS. The van der Waals surface area contributed by atoms with Crippen molar-refractivity contribution in [3.05, 3.63) is 58.9 Å². The van der Waals surface area contributed by atoms with Crippen molar-refractivity contribution in [2.24, 2.45) is 5.73 Å². The van der Waals surface area contributed by atoms with Gasteiger partial charge in [-0.25, -0.2) is 9.97 Å². The number of hydrogen-bond acceptors (Lipinski definition) is 6. The molecule has 0 bridgehead atoms. The summed E-state index contributed by atoms with van der Waals surface area (Å²) >= 11 is 1.46. The Bertz CT molecular complexity index is 802. The van der Waals surface area contributed by atoms with E-state index in [4.69, 9.17) is 11.5 Å². The molecule has 2 aromatic heterocycles. The molecule has 0 aliphatic carbocycles. The summed E-state index contributed by atoms with van der Waals surface area (Å²) in [5, 5.41) is 4.70. The molecule has 0 fully saturated rings. The highest BCUT2D eigenvalue weighted by molar-refractivity contribution is 7.10. The summed E-state index contributed by atoms with van der Waals surface area (Å²) in [6.45, 7) is 0. The standard InChI is InChI=1S/C16H15N5OS/c17-14(13-2-1-9-23-13)15(22)20-11-5-3-10(4-6-11)12-7-8-19-16(18)21-12/h1-9,14H,17H2,(H,20,22)(H2,18,19,21). The maximum Gasteiger partial charge on any atom is 0.246 e. The van der Waals surface area contributed by atoms with Gasteiger partial charge < -0.3 is 16.8 Å². The molecule has 1 aromatic carbocycles. The van der Waals surface area contributed by atoms with E-state index in [-0.39, 0.29) is 11.9 Å². The fourth-order valence-electron chi connectivity index (χ4n) is 2.08. The van der Waals surface area contributed by atoms with Crippen molar-refractivity contribution in [3.63, 3.8) is 0 Å². The minimum absolute atomic E-state index is 0.224. The third kappa shape index (κ3) is 3.53. The Morgan fingerprint density at radius 3 is 2.61 bits per heavy atom. The first-order valence-corrected chi connectivity index (χ1v) is 7.80. The van der Waals surface area contributed by atoms with Gasteiger partial charge in [0, 0.05) is 22.3 Å². The lowest BCUT2D eigenvalue weighted by Gasteiger charge is -2.11. The van der Waals surface area contributed by atoms with E-state index in [0.717, 1.165) is 16.1 Å². The Kier molecular flexibility index (Phi) is 4.31. The molecule has 116 valence electrons. The second-order valence-corrected chi connectivity index (χ2v) is 5.84. The number of nitrogens with zero attached hydrogens (tertiary/aromatic N) is 2. The molecule has 0 saturated heterocycles. The van der Waals surface area contributed by atoms with Crippen molar-refractivity contribution in [3.8, 4) is 11.3 Å². The second kappa shape index (κ2) is 6.55. The van der Waals surface area contributed by atoms with E-state index < -0.39 is 6.04 Å². The first-order chi connectivity index (χ1) is 11.1. The normalized spacial score (nSPS) is 11.9. The highest BCUT2D eigenvalue weighted by Crippen LogP contribution is 2.22. The van der Waals surface area contributed by atoms with Crippen LogP contribution >= 0.6 is 11.3 Å². The van der Waals surface area contributed by atoms with Crippen LogP contribution in [0.4, 0.5) is 11.6 Å². The molecule has 0 saturated carbocycles. The molecule has 5 N–H and O–H groups in total. The number of carbonyl (C=O) groups is 1. The van der Waals surface area contributed by atoms with E-state index in [1.165, 1.54) is 11.3 Å². The van der Waals surface area contributed by atoms with Crippen LogP contribution in [0.15, 0.2) is 54.0 Å². The van der Waals surface area contributed by atoms with E-state index in [0.29, 0.717) is 5.69 Å². The van der Waals surface area contributed by atoms with E-state index >= 15 is 0 Å². The minimum Gasteiger partial charge on any atom is -0.368 e. The lowest BCUT2D eigenvalue weighted by atomic mass is 10.1. The van der Waals surface area contributed by atoms with Crippen molar-refractivity contribution in [2.45, 2.75) is 6.04 Å². The quantitative estimate of drug-likeness (QED) is 0.683. The monoisotopic (exact) mass is 325 g/mol. The molecule has 6 nitrogen and oxygen atoms in total. The molecule has 7 heteroatoms. The van der Waals surface area contributed by atoms with Crippen LogP contribution in [-0.4, -0.2) is 15.9 Å². The Morgan fingerprint density at radius 2 is 1.96 bits per heavy atom. The Hall–Kier alpha value is -2.77. The first kappa shape index (κ1) is 15.1. The average molecular weight is 325 g/mol. The highest BCUT2D eigenvalue weighted by Gasteiger charge is 2.16. The maximum atomic E-state index is 12.1. The number of rotatable bonds is 4. The van der Waals surface area contributed by atoms with Crippen LogP contribution in [0.5, 0.6) is 0 Å². The Balaban J connectivity index is 1.71. The smallest absolute Gasteiger partial charge is 0.246 e. The molecule has 1 atom stereocenters. The highest BCUT2D eigenvalue weighted by atomic mass is 32.1. The maximum absolute atomic E-state index is 12.1. The fraction of sp³-hybridized carbons (Fsp3) is 0.0625. The molecule has 1 amide bonds. The first-order valence-electron chi connectivity index (χ1n) is 6.92. The fourth-order valence-corrected chi connectivity index (χ4v) is 2.80. The zero-order chi connectivity index (χ0) is 16.2. The van der Waals surface area contributed by atoms with Gasteiger partial charge in [0.2, 0.25) is 11.9 Å². The summed E-state index contributed by atoms with van der Waals surface area (Å²) in [6.07, 6.45) is 1.60. The van der Waals surface area contributed by atoms with E-state index in [9.17, 15) is 4.79 Å². The van der Waals surface area contributed by atoms with Crippen molar-refractivity contribution >= 4 is 28.9 Å². The number of carbonyl (C=O) groups excluding carboxylic acids is 1. The van der Waals surface area contributed by atoms with Crippen LogP contribution < -0.4 is 16.8 Å². The van der Waals surface area contributed by atoms with Crippen molar-refractivity contribution < 1.29 is 4.79 Å². The summed E-state index contributed by atoms with van der Waals surface area (Å²) in [5.41, 5.74) is 13.8. The molecular weight excluding hydrogens is 310 g/mol. The Labute approximate surface area is 137 Å². The number of benzene rings is 1. The lowest BCUT2D eigenvalue weighted by molar-refractivity contribution is -0.117. The van der Waals surface area contributed by atoms with Crippen molar-refractivity contribution in [1.82, 2.24) is 9.97 Å². The van der Waals surface area contributed by atoms with Gasteiger partial charge in [0.25, 0.3) is 0 Å². The molecule has 2 heterocycles. The molecule has 3 rings (SSSR count). The second-order valence-electron chi connectivity index (χ2n) is 4.86. The van der Waals surface area contributed by atoms with Crippen LogP contribution in [0.2, 0.25) is 0 Å². The molecule has 0 radical (unpaired) electrons. The van der Waals surface area contributed by atoms with Crippen LogP contribution in [0.25, 0.3) is 11.3 Å². The number of nitrogens with two attached hydrogens (primary N) is 2. The summed E-state index contributed by atoms with van der Waals surface area (Å²) in [7, 11) is 0. The SMILES string of the molecule is Nc1nccc(-c2ccc(NC(=O)C(N)c3cccs3)cc2)n1. The van der Waals surface area contributed by atoms with Gasteiger partial charge >= 0.3 is 0 Å². The predicted molar refractivity (Wildman–Crippen MR) is 91.8 cm³/mol.